The first-order valence-corrected chi connectivity index (χ1v) is 6.67. The molecule has 0 saturated heterocycles. The lowest BCUT2D eigenvalue weighted by Crippen LogP contribution is -2.15. The molecule has 1 aliphatic rings. The fourth-order valence-electron chi connectivity index (χ4n) is 1.97. The van der Waals surface area contributed by atoms with Gasteiger partial charge in [-0.1, -0.05) is 24.3 Å². The Labute approximate surface area is 116 Å². The Balaban J connectivity index is 1.80. The molecule has 2 nitrogen and oxygen atoms in total. The average Bonchev–Trinajstić information content (AvgIpc) is 3.27. The first-order valence-electron chi connectivity index (χ1n) is 6.67. The van der Waals surface area contributed by atoms with Gasteiger partial charge in [0.2, 0.25) is 5.82 Å². The highest BCUT2D eigenvalue weighted by atomic mass is 19.2. The summed E-state index contributed by atoms with van der Waals surface area (Å²) in [5.41, 5.74) is 0.933. The number of nitrogens with one attached hydrogen (secondary N) is 1. The minimum Gasteiger partial charge on any atom is -0.454 e. The fourth-order valence-corrected chi connectivity index (χ4v) is 1.97. The lowest BCUT2D eigenvalue weighted by atomic mass is 10.2. The molecule has 3 rings (SSSR count). The smallest absolute Gasteiger partial charge is 0.201 e. The molecule has 2 aromatic rings. The van der Waals surface area contributed by atoms with E-state index in [4.69, 9.17) is 4.74 Å². The largest absolute Gasteiger partial charge is 0.454 e. The lowest BCUT2D eigenvalue weighted by Gasteiger charge is -2.12. The molecule has 1 aliphatic carbocycles. The van der Waals surface area contributed by atoms with Crippen LogP contribution >= 0.6 is 0 Å². The topological polar surface area (TPSA) is 21.3 Å². The molecule has 0 spiro atoms. The summed E-state index contributed by atoms with van der Waals surface area (Å²) in [5.74, 6) is -1.41. The molecule has 0 atom stereocenters. The van der Waals surface area contributed by atoms with Gasteiger partial charge >= 0.3 is 0 Å². The summed E-state index contributed by atoms with van der Waals surface area (Å²) in [7, 11) is 0. The third-order valence-corrected chi connectivity index (χ3v) is 3.27. The molecular weight excluding hydrogens is 260 g/mol. The standard InChI is InChI=1S/C16H15F2NO/c17-13-5-3-7-15(16(13)18)20-14-6-2-1-4-11(14)10-19-12-8-9-12/h1-7,12,19H,8-10H2. The van der Waals surface area contributed by atoms with Crippen LogP contribution in [0.4, 0.5) is 8.78 Å². The quantitative estimate of drug-likeness (QED) is 0.890. The summed E-state index contributed by atoms with van der Waals surface area (Å²) in [5, 5.41) is 3.38. The van der Waals surface area contributed by atoms with E-state index in [1.165, 1.54) is 25.0 Å². The molecule has 0 unspecified atom stereocenters. The third kappa shape index (κ3) is 2.96. The van der Waals surface area contributed by atoms with Gasteiger partial charge in [-0.2, -0.15) is 4.39 Å². The molecular formula is C16H15F2NO. The highest BCUT2D eigenvalue weighted by molar-refractivity contribution is 5.38. The van der Waals surface area contributed by atoms with Gasteiger partial charge in [0.25, 0.3) is 0 Å². The van der Waals surface area contributed by atoms with Crippen molar-refractivity contribution in [1.29, 1.82) is 0 Å². The van der Waals surface area contributed by atoms with Crippen molar-refractivity contribution >= 4 is 0 Å². The number of hydrogen-bond acceptors (Lipinski definition) is 2. The van der Waals surface area contributed by atoms with E-state index in [1.54, 1.807) is 6.07 Å². The number of ether oxygens (including phenoxy) is 1. The van der Waals surface area contributed by atoms with Crippen LogP contribution < -0.4 is 10.1 Å². The first-order chi connectivity index (χ1) is 9.74. The van der Waals surface area contributed by atoms with Gasteiger partial charge in [-0.15, -0.1) is 0 Å². The van der Waals surface area contributed by atoms with Gasteiger partial charge in [0.1, 0.15) is 5.75 Å². The summed E-state index contributed by atoms with van der Waals surface area (Å²) in [6.45, 7) is 0.664. The molecule has 4 heteroatoms. The number of halogens is 2. The van der Waals surface area contributed by atoms with E-state index in [9.17, 15) is 8.78 Å². The maximum absolute atomic E-state index is 13.6. The summed E-state index contributed by atoms with van der Waals surface area (Å²) in [6, 6.07) is 11.9. The van der Waals surface area contributed by atoms with Crippen molar-refractivity contribution in [3.05, 3.63) is 59.7 Å². The molecule has 1 N–H and O–H groups in total. The van der Waals surface area contributed by atoms with Gasteiger partial charge in [-0.25, -0.2) is 4.39 Å². The Hall–Kier alpha value is -1.94. The van der Waals surface area contributed by atoms with Crippen LogP contribution in [0, 0.1) is 11.6 Å². The van der Waals surface area contributed by atoms with Gasteiger partial charge in [0.15, 0.2) is 11.6 Å². The maximum Gasteiger partial charge on any atom is 0.201 e. The van der Waals surface area contributed by atoms with E-state index in [0.717, 1.165) is 11.6 Å². The van der Waals surface area contributed by atoms with E-state index in [2.05, 4.69) is 5.32 Å². The van der Waals surface area contributed by atoms with E-state index in [1.807, 2.05) is 18.2 Å². The molecule has 0 heterocycles. The second-order valence-electron chi connectivity index (χ2n) is 4.92. The molecule has 0 aliphatic heterocycles. The van der Waals surface area contributed by atoms with Crippen LogP contribution in [0.3, 0.4) is 0 Å². The second-order valence-corrected chi connectivity index (χ2v) is 4.92. The van der Waals surface area contributed by atoms with Crippen LogP contribution in [-0.2, 0) is 6.54 Å². The van der Waals surface area contributed by atoms with Gasteiger partial charge in [0.05, 0.1) is 0 Å². The van der Waals surface area contributed by atoms with Gasteiger partial charge in [0, 0.05) is 18.2 Å². The number of rotatable bonds is 5. The molecule has 0 aromatic heterocycles. The Morgan fingerprint density at radius 2 is 1.75 bits per heavy atom. The van der Waals surface area contributed by atoms with Crippen molar-refractivity contribution < 1.29 is 13.5 Å². The van der Waals surface area contributed by atoms with E-state index in [-0.39, 0.29) is 5.75 Å². The van der Waals surface area contributed by atoms with Gasteiger partial charge in [-0.3, -0.25) is 0 Å². The van der Waals surface area contributed by atoms with E-state index >= 15 is 0 Å². The Kier molecular flexibility index (Phi) is 3.65. The van der Waals surface area contributed by atoms with Crippen molar-refractivity contribution in [2.75, 3.05) is 0 Å². The molecule has 0 radical (unpaired) electrons. The molecule has 2 aromatic carbocycles. The predicted octanol–water partition coefficient (Wildman–Crippen LogP) is 4.01. The number of para-hydroxylation sites is 1. The monoisotopic (exact) mass is 275 g/mol. The van der Waals surface area contributed by atoms with Crippen LogP contribution in [0.5, 0.6) is 11.5 Å². The Morgan fingerprint density at radius 1 is 1.00 bits per heavy atom. The van der Waals surface area contributed by atoms with E-state index < -0.39 is 11.6 Å². The molecule has 0 bridgehead atoms. The molecule has 104 valence electrons. The first kappa shape index (κ1) is 13.1. The van der Waals surface area contributed by atoms with Crippen LogP contribution in [0.1, 0.15) is 18.4 Å². The minimum atomic E-state index is -0.961. The predicted molar refractivity (Wildman–Crippen MR) is 72.7 cm³/mol. The molecule has 1 fully saturated rings. The Morgan fingerprint density at radius 3 is 2.55 bits per heavy atom. The van der Waals surface area contributed by atoms with Gasteiger partial charge in [-0.05, 0) is 31.0 Å². The van der Waals surface area contributed by atoms with Crippen molar-refractivity contribution in [3.63, 3.8) is 0 Å². The highest BCUT2D eigenvalue weighted by Gasteiger charge is 2.20. The maximum atomic E-state index is 13.6. The second kappa shape index (κ2) is 5.59. The SMILES string of the molecule is Fc1cccc(Oc2ccccc2CNC2CC2)c1F. The van der Waals surface area contributed by atoms with Crippen molar-refractivity contribution in [3.8, 4) is 11.5 Å². The van der Waals surface area contributed by atoms with E-state index in [0.29, 0.717) is 18.3 Å². The average molecular weight is 275 g/mol. The third-order valence-electron chi connectivity index (χ3n) is 3.27. The summed E-state index contributed by atoms with van der Waals surface area (Å²) in [6.07, 6.45) is 2.39. The minimum absolute atomic E-state index is 0.0936. The van der Waals surface area contributed by atoms with Crippen LogP contribution in [0.2, 0.25) is 0 Å². The normalized spacial score (nSPS) is 14.3. The summed E-state index contributed by atoms with van der Waals surface area (Å²) in [4.78, 5) is 0. The highest BCUT2D eigenvalue weighted by Crippen LogP contribution is 2.29. The number of hydrogen-bond donors (Lipinski definition) is 1. The zero-order valence-electron chi connectivity index (χ0n) is 10.9. The zero-order valence-corrected chi connectivity index (χ0v) is 10.9. The van der Waals surface area contributed by atoms with Crippen LogP contribution in [0.25, 0.3) is 0 Å². The number of benzene rings is 2. The van der Waals surface area contributed by atoms with Crippen LogP contribution in [-0.4, -0.2) is 6.04 Å². The molecule has 0 amide bonds. The summed E-state index contributed by atoms with van der Waals surface area (Å²) < 4.78 is 32.3. The molecule has 20 heavy (non-hydrogen) atoms. The Bertz CT molecular complexity index is 611. The zero-order chi connectivity index (χ0) is 13.9. The van der Waals surface area contributed by atoms with Crippen molar-refractivity contribution in [2.45, 2.75) is 25.4 Å². The lowest BCUT2D eigenvalue weighted by molar-refractivity contribution is 0.411. The van der Waals surface area contributed by atoms with Crippen molar-refractivity contribution in [1.82, 2.24) is 5.32 Å². The van der Waals surface area contributed by atoms with Crippen molar-refractivity contribution in [2.24, 2.45) is 0 Å². The molecule has 1 saturated carbocycles. The van der Waals surface area contributed by atoms with Gasteiger partial charge < -0.3 is 10.1 Å². The fraction of sp³-hybridized carbons (Fsp3) is 0.250. The van der Waals surface area contributed by atoms with Crippen LogP contribution in [0.15, 0.2) is 42.5 Å². The summed E-state index contributed by atoms with van der Waals surface area (Å²) >= 11 is 0.